The maximum atomic E-state index is 4.92. The fraction of sp³-hybridized carbons (Fsp3) is 0.286. The first-order valence-electron chi connectivity index (χ1n) is 9.82. The number of fused-ring (bicyclic) bond motifs is 2. The van der Waals surface area contributed by atoms with E-state index in [4.69, 9.17) is 4.98 Å². The van der Waals surface area contributed by atoms with Crippen molar-refractivity contribution in [2.75, 3.05) is 16.8 Å². The number of anilines is 3. The molecular formula is C21H21N7. The summed E-state index contributed by atoms with van der Waals surface area (Å²) in [4.78, 5) is 11.7. The lowest BCUT2D eigenvalue weighted by Crippen LogP contribution is -2.31. The van der Waals surface area contributed by atoms with Gasteiger partial charge in [0, 0.05) is 49.2 Å². The number of nitrogens with one attached hydrogen (secondary N) is 2. The van der Waals surface area contributed by atoms with Gasteiger partial charge in [-0.25, -0.2) is 4.98 Å². The second-order valence-electron chi connectivity index (χ2n) is 7.64. The Morgan fingerprint density at radius 1 is 1.11 bits per heavy atom. The Balaban J connectivity index is 1.34. The Labute approximate surface area is 162 Å². The fourth-order valence-corrected chi connectivity index (χ4v) is 3.97. The quantitative estimate of drug-likeness (QED) is 0.573. The molecule has 2 N–H and O–H groups in total. The molecule has 2 aliphatic rings. The number of aromatic nitrogens is 5. The minimum absolute atomic E-state index is 0.643. The lowest BCUT2D eigenvalue weighted by Gasteiger charge is -2.30. The summed E-state index contributed by atoms with van der Waals surface area (Å²) in [6, 6.07) is 12.8. The normalized spacial score (nSPS) is 16.4. The van der Waals surface area contributed by atoms with Gasteiger partial charge in [-0.05, 0) is 30.4 Å². The Kier molecular flexibility index (Phi) is 3.41. The molecule has 1 fully saturated rings. The second kappa shape index (κ2) is 6.09. The van der Waals surface area contributed by atoms with Gasteiger partial charge < -0.3 is 10.2 Å². The van der Waals surface area contributed by atoms with Crippen molar-refractivity contribution < 1.29 is 0 Å². The summed E-state index contributed by atoms with van der Waals surface area (Å²) in [5, 5.41) is 10.9. The first-order chi connectivity index (χ1) is 13.8. The van der Waals surface area contributed by atoms with E-state index in [0.717, 1.165) is 42.7 Å². The van der Waals surface area contributed by atoms with Crippen LogP contribution in [0.1, 0.15) is 35.6 Å². The third kappa shape index (κ3) is 2.70. The van der Waals surface area contributed by atoms with Crippen molar-refractivity contribution in [3.63, 3.8) is 0 Å². The maximum absolute atomic E-state index is 4.92. The number of hydrogen-bond acceptors (Lipinski definition) is 5. The second-order valence-corrected chi connectivity index (χ2v) is 7.64. The summed E-state index contributed by atoms with van der Waals surface area (Å²) < 4.78 is 1.97. The van der Waals surface area contributed by atoms with E-state index >= 15 is 0 Å². The maximum Gasteiger partial charge on any atom is 0.216 e. The molecule has 7 heteroatoms. The van der Waals surface area contributed by atoms with Gasteiger partial charge in [-0.3, -0.25) is 9.50 Å². The zero-order valence-electron chi connectivity index (χ0n) is 15.5. The lowest BCUT2D eigenvalue weighted by atomic mass is 10.00. The van der Waals surface area contributed by atoms with E-state index in [0.29, 0.717) is 5.92 Å². The van der Waals surface area contributed by atoms with E-state index in [-0.39, 0.29) is 0 Å². The van der Waals surface area contributed by atoms with Crippen LogP contribution in [-0.4, -0.2) is 31.1 Å². The number of H-pyrrole nitrogens is 1. The largest absolute Gasteiger partial charge is 0.352 e. The molecule has 1 saturated carbocycles. The summed E-state index contributed by atoms with van der Waals surface area (Å²) in [7, 11) is 0. The van der Waals surface area contributed by atoms with Crippen LogP contribution < -0.4 is 10.2 Å². The van der Waals surface area contributed by atoms with Crippen LogP contribution >= 0.6 is 0 Å². The number of imidazole rings is 1. The average Bonchev–Trinajstić information content (AvgIpc) is 3.28. The van der Waals surface area contributed by atoms with Gasteiger partial charge in [0.25, 0.3) is 0 Å². The Bertz CT molecular complexity index is 1150. The molecule has 6 rings (SSSR count). The summed E-state index contributed by atoms with van der Waals surface area (Å²) in [5.74, 6) is 3.11. The fourth-order valence-electron chi connectivity index (χ4n) is 3.97. The Morgan fingerprint density at radius 2 is 2.00 bits per heavy atom. The monoisotopic (exact) mass is 371 g/mol. The summed E-state index contributed by atoms with van der Waals surface area (Å²) >= 11 is 0. The molecular weight excluding hydrogens is 350 g/mol. The van der Waals surface area contributed by atoms with E-state index in [1.165, 1.54) is 29.7 Å². The Morgan fingerprint density at radius 3 is 2.89 bits per heavy atom. The third-order valence-corrected chi connectivity index (χ3v) is 5.69. The minimum Gasteiger partial charge on any atom is -0.352 e. The molecule has 0 bridgehead atoms. The van der Waals surface area contributed by atoms with Gasteiger partial charge in [0.15, 0.2) is 5.82 Å². The number of rotatable bonds is 4. The highest BCUT2D eigenvalue weighted by Crippen LogP contribution is 2.39. The first kappa shape index (κ1) is 15.7. The van der Waals surface area contributed by atoms with Gasteiger partial charge in [-0.15, -0.1) is 0 Å². The predicted octanol–water partition coefficient (Wildman–Crippen LogP) is 3.64. The predicted molar refractivity (Wildman–Crippen MR) is 108 cm³/mol. The van der Waals surface area contributed by atoms with Crippen LogP contribution in [0.4, 0.5) is 17.6 Å². The van der Waals surface area contributed by atoms with Crippen molar-refractivity contribution in [3.8, 4) is 0 Å². The van der Waals surface area contributed by atoms with E-state index < -0.39 is 0 Å². The Hall–Kier alpha value is -3.35. The molecule has 3 aromatic heterocycles. The molecule has 4 aromatic rings. The highest BCUT2D eigenvalue weighted by molar-refractivity contribution is 5.61. The van der Waals surface area contributed by atoms with E-state index in [9.17, 15) is 0 Å². The van der Waals surface area contributed by atoms with Crippen LogP contribution in [0.15, 0.2) is 48.8 Å². The van der Waals surface area contributed by atoms with Crippen LogP contribution in [0.3, 0.4) is 0 Å². The minimum atomic E-state index is 0.643. The zero-order valence-corrected chi connectivity index (χ0v) is 15.5. The van der Waals surface area contributed by atoms with Crippen molar-refractivity contribution in [2.45, 2.75) is 31.7 Å². The van der Waals surface area contributed by atoms with Gasteiger partial charge in [0.2, 0.25) is 5.95 Å². The standard InChI is InChI=1S/C21H21N7/c1-2-4-16-13-27(9-7-14(16)3-1)20-12-19-22-8-10-28(19)21(24-20)23-18-11-17(25-26-18)15-5-6-15/h1-4,8,10-12,15H,5-7,9,13H2,(H2,23,24,25,26). The van der Waals surface area contributed by atoms with Crippen molar-refractivity contribution in [3.05, 3.63) is 65.6 Å². The molecule has 1 aliphatic heterocycles. The van der Waals surface area contributed by atoms with Crippen LogP contribution in [-0.2, 0) is 13.0 Å². The number of nitrogens with zero attached hydrogens (tertiary/aromatic N) is 5. The van der Waals surface area contributed by atoms with E-state index in [1.54, 1.807) is 6.20 Å². The van der Waals surface area contributed by atoms with Gasteiger partial charge in [-0.2, -0.15) is 10.1 Å². The van der Waals surface area contributed by atoms with Crippen LogP contribution in [0.25, 0.3) is 5.65 Å². The molecule has 0 spiro atoms. The molecule has 0 unspecified atom stereocenters. The molecule has 1 aliphatic carbocycles. The van der Waals surface area contributed by atoms with E-state index in [1.807, 2.05) is 10.6 Å². The third-order valence-electron chi connectivity index (χ3n) is 5.69. The number of hydrogen-bond donors (Lipinski definition) is 2. The topological polar surface area (TPSA) is 74.1 Å². The average molecular weight is 371 g/mol. The zero-order chi connectivity index (χ0) is 18.5. The number of aromatic amines is 1. The summed E-state index contributed by atoms with van der Waals surface area (Å²) in [5.41, 5.74) is 4.88. The van der Waals surface area contributed by atoms with Crippen molar-refractivity contribution in [2.24, 2.45) is 0 Å². The van der Waals surface area contributed by atoms with Gasteiger partial charge in [-0.1, -0.05) is 24.3 Å². The molecule has 0 amide bonds. The van der Waals surface area contributed by atoms with Gasteiger partial charge in [0.1, 0.15) is 11.5 Å². The SMILES string of the molecule is c1ccc2c(c1)CCN(c1cc3nccn3c(Nc3cc(C4CC4)[nH]n3)n1)C2. The van der Waals surface area contributed by atoms with Crippen LogP contribution in [0.2, 0.25) is 0 Å². The summed E-state index contributed by atoms with van der Waals surface area (Å²) in [6.45, 7) is 1.82. The molecule has 4 heterocycles. The molecule has 28 heavy (non-hydrogen) atoms. The highest BCUT2D eigenvalue weighted by Gasteiger charge is 2.26. The molecule has 0 radical (unpaired) electrons. The highest BCUT2D eigenvalue weighted by atomic mass is 15.3. The van der Waals surface area contributed by atoms with Crippen LogP contribution in [0, 0.1) is 0 Å². The van der Waals surface area contributed by atoms with Crippen molar-refractivity contribution in [1.82, 2.24) is 24.6 Å². The van der Waals surface area contributed by atoms with Gasteiger partial charge >= 0.3 is 0 Å². The van der Waals surface area contributed by atoms with Crippen molar-refractivity contribution in [1.29, 1.82) is 0 Å². The van der Waals surface area contributed by atoms with Gasteiger partial charge in [0.05, 0.1) is 0 Å². The molecule has 140 valence electrons. The molecule has 7 nitrogen and oxygen atoms in total. The van der Waals surface area contributed by atoms with E-state index in [2.05, 4.69) is 61.8 Å². The van der Waals surface area contributed by atoms with Crippen LogP contribution in [0.5, 0.6) is 0 Å². The summed E-state index contributed by atoms with van der Waals surface area (Å²) in [6.07, 6.45) is 7.26. The smallest absolute Gasteiger partial charge is 0.216 e. The van der Waals surface area contributed by atoms with Crippen molar-refractivity contribution >= 4 is 23.2 Å². The lowest BCUT2D eigenvalue weighted by molar-refractivity contribution is 0.720. The number of benzene rings is 1. The first-order valence-corrected chi connectivity index (χ1v) is 9.82. The molecule has 0 saturated heterocycles. The molecule has 0 atom stereocenters. The molecule has 1 aromatic carbocycles.